The Kier molecular flexibility index (Phi) is 8.11. The molecule has 0 heterocycles. The average molecular weight is 499 g/mol. The number of ether oxygens (including phenoxy) is 2. The molecule has 0 unspecified atom stereocenters. The van der Waals surface area contributed by atoms with E-state index in [0.717, 1.165) is 11.1 Å². The minimum atomic E-state index is -0.740. The zero-order valence-corrected chi connectivity index (χ0v) is 20.2. The number of esters is 1. The fourth-order valence-electron chi connectivity index (χ4n) is 3.29. The number of halogens is 1. The first-order valence-electron chi connectivity index (χ1n) is 11.2. The first-order valence-corrected chi connectivity index (χ1v) is 11.6. The van der Waals surface area contributed by atoms with Crippen molar-refractivity contribution in [3.8, 4) is 22.6 Å². The molecule has 0 aromatic heterocycles. The number of carbonyl (C=O) groups is 2. The smallest absolute Gasteiger partial charge is 0.345 e. The Balaban J connectivity index is 1.26. The first-order chi connectivity index (χ1) is 17.5. The summed E-state index contributed by atoms with van der Waals surface area (Å²) in [5.74, 6) is 0.0197. The molecule has 4 rings (SSSR count). The number of amides is 1. The normalized spacial score (nSPS) is 11.6. The van der Waals surface area contributed by atoms with Crippen LogP contribution in [-0.4, -0.2) is 24.2 Å². The van der Waals surface area contributed by atoms with Gasteiger partial charge in [-0.25, -0.2) is 10.2 Å². The van der Waals surface area contributed by atoms with Gasteiger partial charge in [0.05, 0.1) is 16.8 Å². The van der Waals surface area contributed by atoms with Gasteiger partial charge < -0.3 is 9.47 Å². The average Bonchev–Trinajstić information content (AvgIpc) is 2.90. The van der Waals surface area contributed by atoms with Crippen molar-refractivity contribution in [2.75, 3.05) is 0 Å². The number of benzene rings is 4. The van der Waals surface area contributed by atoms with Crippen LogP contribution >= 0.6 is 11.6 Å². The molecule has 180 valence electrons. The van der Waals surface area contributed by atoms with Crippen LogP contribution in [0.15, 0.2) is 108 Å². The second kappa shape index (κ2) is 11.8. The van der Waals surface area contributed by atoms with Gasteiger partial charge in [-0.2, -0.15) is 5.10 Å². The summed E-state index contributed by atoms with van der Waals surface area (Å²) in [6, 6.07) is 30.9. The highest BCUT2D eigenvalue weighted by molar-refractivity contribution is 6.33. The second-order valence-corrected chi connectivity index (χ2v) is 8.23. The number of rotatable bonds is 8. The lowest BCUT2D eigenvalue weighted by atomic mass is 10.1. The topological polar surface area (TPSA) is 77.0 Å². The van der Waals surface area contributed by atoms with Gasteiger partial charge in [-0.3, -0.25) is 4.79 Å². The first kappa shape index (κ1) is 24.7. The molecule has 7 heteroatoms. The van der Waals surface area contributed by atoms with Gasteiger partial charge in [-0.1, -0.05) is 66.2 Å². The van der Waals surface area contributed by atoms with E-state index in [2.05, 4.69) is 10.5 Å². The lowest BCUT2D eigenvalue weighted by Crippen LogP contribution is -2.33. The molecule has 6 nitrogen and oxygen atoms in total. The van der Waals surface area contributed by atoms with Crippen LogP contribution in [0, 0.1) is 0 Å². The molecular formula is C29H23ClN2O4. The molecule has 1 atom stereocenters. The Morgan fingerprint density at radius 2 is 1.42 bits per heavy atom. The highest BCUT2D eigenvalue weighted by Gasteiger charge is 2.14. The summed E-state index contributed by atoms with van der Waals surface area (Å²) >= 11 is 6.03. The summed E-state index contributed by atoms with van der Waals surface area (Å²) in [5, 5.41) is 4.30. The standard InChI is InChI=1S/C29H23ClN2O4/c1-20(35-24-17-13-23(14-18-24)22-7-3-2-4-8-22)28(33)32-31-19-21-11-15-25(16-12-21)36-29(34)26-9-5-6-10-27(26)30/h2-20H,1H3,(H,32,33)/b31-19-/t20-/m0/s1. The lowest BCUT2D eigenvalue weighted by molar-refractivity contribution is -0.127. The molecule has 4 aromatic carbocycles. The van der Waals surface area contributed by atoms with Gasteiger partial charge in [-0.15, -0.1) is 0 Å². The van der Waals surface area contributed by atoms with Gasteiger partial charge in [0, 0.05) is 0 Å². The number of nitrogens with zero attached hydrogens (tertiary/aromatic N) is 1. The molecule has 0 bridgehead atoms. The van der Waals surface area contributed by atoms with Gasteiger partial charge in [0.2, 0.25) is 0 Å². The Hall–Kier alpha value is -4.42. The Morgan fingerprint density at radius 1 is 0.806 bits per heavy atom. The summed E-state index contributed by atoms with van der Waals surface area (Å²) in [6.45, 7) is 1.65. The molecule has 1 N–H and O–H groups in total. The van der Waals surface area contributed by atoms with Crippen molar-refractivity contribution < 1.29 is 19.1 Å². The third kappa shape index (κ3) is 6.58. The van der Waals surface area contributed by atoms with E-state index in [9.17, 15) is 9.59 Å². The number of hydrogen-bond donors (Lipinski definition) is 1. The molecular weight excluding hydrogens is 476 g/mol. The minimum absolute atomic E-state index is 0.288. The summed E-state index contributed by atoms with van der Waals surface area (Å²) < 4.78 is 11.1. The predicted molar refractivity (Wildman–Crippen MR) is 141 cm³/mol. The maximum atomic E-state index is 12.3. The van der Waals surface area contributed by atoms with Crippen LogP contribution in [-0.2, 0) is 4.79 Å². The van der Waals surface area contributed by atoms with E-state index in [0.29, 0.717) is 22.1 Å². The number of hydrazone groups is 1. The van der Waals surface area contributed by atoms with Crippen molar-refractivity contribution in [2.24, 2.45) is 5.10 Å². The SMILES string of the molecule is C[C@H](Oc1ccc(-c2ccccc2)cc1)C(=O)N/N=C\c1ccc(OC(=O)c2ccccc2Cl)cc1. The summed E-state index contributed by atoms with van der Waals surface area (Å²) in [4.78, 5) is 24.6. The van der Waals surface area contributed by atoms with E-state index >= 15 is 0 Å². The van der Waals surface area contributed by atoms with Crippen LogP contribution in [0.5, 0.6) is 11.5 Å². The zero-order valence-electron chi connectivity index (χ0n) is 19.4. The Labute approximate surface area is 214 Å². The van der Waals surface area contributed by atoms with Gasteiger partial charge >= 0.3 is 5.97 Å². The van der Waals surface area contributed by atoms with Crippen LogP contribution in [0.3, 0.4) is 0 Å². The largest absolute Gasteiger partial charge is 0.481 e. The molecule has 1 amide bonds. The molecule has 4 aromatic rings. The Bertz CT molecular complexity index is 1350. The molecule has 0 aliphatic rings. The van der Waals surface area contributed by atoms with Crippen LogP contribution in [0.25, 0.3) is 11.1 Å². The van der Waals surface area contributed by atoms with E-state index < -0.39 is 12.1 Å². The minimum Gasteiger partial charge on any atom is -0.481 e. The van der Waals surface area contributed by atoms with Crippen LogP contribution in [0.1, 0.15) is 22.8 Å². The van der Waals surface area contributed by atoms with Crippen molar-refractivity contribution in [1.82, 2.24) is 5.43 Å². The van der Waals surface area contributed by atoms with Crippen molar-refractivity contribution in [2.45, 2.75) is 13.0 Å². The maximum Gasteiger partial charge on any atom is 0.345 e. The quantitative estimate of drug-likeness (QED) is 0.137. The molecule has 0 saturated heterocycles. The molecule has 0 fully saturated rings. The van der Waals surface area contributed by atoms with E-state index in [1.54, 1.807) is 55.5 Å². The third-order valence-corrected chi connectivity index (χ3v) is 5.55. The molecule has 0 aliphatic heterocycles. The molecule has 36 heavy (non-hydrogen) atoms. The number of nitrogens with one attached hydrogen (secondary N) is 1. The highest BCUT2D eigenvalue weighted by atomic mass is 35.5. The van der Waals surface area contributed by atoms with E-state index in [1.807, 2.05) is 54.6 Å². The van der Waals surface area contributed by atoms with Crippen molar-refractivity contribution in [3.05, 3.63) is 119 Å². The summed E-state index contributed by atoms with van der Waals surface area (Å²) in [5.41, 5.74) is 5.63. The van der Waals surface area contributed by atoms with Gasteiger partial charge in [0.15, 0.2) is 6.10 Å². The van der Waals surface area contributed by atoms with Crippen LogP contribution < -0.4 is 14.9 Å². The van der Waals surface area contributed by atoms with Gasteiger partial charge in [0.25, 0.3) is 5.91 Å². The predicted octanol–water partition coefficient (Wildman–Crippen LogP) is 6.14. The van der Waals surface area contributed by atoms with Crippen molar-refractivity contribution in [3.63, 3.8) is 0 Å². The van der Waals surface area contributed by atoms with Gasteiger partial charge in [0.1, 0.15) is 11.5 Å². The summed E-state index contributed by atoms with van der Waals surface area (Å²) in [7, 11) is 0. The zero-order chi connectivity index (χ0) is 25.3. The maximum absolute atomic E-state index is 12.3. The molecule has 0 saturated carbocycles. The van der Waals surface area contributed by atoms with Gasteiger partial charge in [-0.05, 0) is 72.1 Å². The summed E-state index contributed by atoms with van der Waals surface area (Å²) in [6.07, 6.45) is 0.746. The monoisotopic (exact) mass is 498 g/mol. The second-order valence-electron chi connectivity index (χ2n) is 7.82. The van der Waals surface area contributed by atoms with Crippen molar-refractivity contribution >= 4 is 29.7 Å². The van der Waals surface area contributed by atoms with Crippen LogP contribution in [0.4, 0.5) is 0 Å². The number of hydrogen-bond acceptors (Lipinski definition) is 5. The fourth-order valence-corrected chi connectivity index (χ4v) is 3.50. The Morgan fingerprint density at radius 3 is 2.11 bits per heavy atom. The van der Waals surface area contributed by atoms with Crippen LogP contribution in [0.2, 0.25) is 5.02 Å². The molecule has 0 spiro atoms. The highest BCUT2D eigenvalue weighted by Crippen LogP contribution is 2.23. The van der Waals surface area contributed by atoms with Crippen molar-refractivity contribution in [1.29, 1.82) is 0 Å². The molecule has 0 aliphatic carbocycles. The third-order valence-electron chi connectivity index (χ3n) is 5.22. The lowest BCUT2D eigenvalue weighted by Gasteiger charge is -2.13. The fraction of sp³-hybridized carbons (Fsp3) is 0.0690. The van der Waals surface area contributed by atoms with E-state index in [1.165, 1.54) is 6.21 Å². The molecule has 0 radical (unpaired) electrons. The van der Waals surface area contributed by atoms with E-state index in [4.69, 9.17) is 21.1 Å². The number of carbonyl (C=O) groups excluding carboxylic acids is 2. The van der Waals surface area contributed by atoms with E-state index in [-0.39, 0.29) is 11.5 Å².